The van der Waals surface area contributed by atoms with Gasteiger partial charge in [0, 0.05) is 5.56 Å². The van der Waals surface area contributed by atoms with Gasteiger partial charge >= 0.3 is 0 Å². The highest BCUT2D eigenvalue weighted by Crippen LogP contribution is 2.16. The van der Waals surface area contributed by atoms with Gasteiger partial charge in [0.1, 0.15) is 0 Å². The maximum Gasteiger partial charge on any atom is 0.163 e. The predicted molar refractivity (Wildman–Crippen MR) is 47.6 cm³/mol. The van der Waals surface area contributed by atoms with E-state index in [0.717, 1.165) is 6.07 Å². The minimum absolute atomic E-state index is 0. The van der Waals surface area contributed by atoms with E-state index in [2.05, 4.69) is 0 Å². The number of benzene rings is 1. The largest absolute Gasteiger partial charge is 0.394 e. The molecule has 0 amide bonds. The monoisotopic (exact) mass is 209 g/mol. The zero-order chi connectivity index (χ0) is 9.14. The van der Waals surface area contributed by atoms with E-state index in [1.54, 1.807) is 0 Å². The first-order valence-electron chi connectivity index (χ1n) is 3.47. The Balaban J connectivity index is 0.00000144. The van der Waals surface area contributed by atoms with E-state index >= 15 is 0 Å². The van der Waals surface area contributed by atoms with Crippen molar-refractivity contribution >= 4 is 12.4 Å². The zero-order valence-electron chi connectivity index (χ0n) is 6.71. The van der Waals surface area contributed by atoms with Crippen LogP contribution in [0.15, 0.2) is 18.2 Å². The fraction of sp³-hybridized carbons (Fsp3) is 0.250. The molecule has 1 atom stereocenters. The van der Waals surface area contributed by atoms with Crippen LogP contribution in [0.4, 0.5) is 8.78 Å². The van der Waals surface area contributed by atoms with Gasteiger partial charge in [-0.15, -0.1) is 12.4 Å². The summed E-state index contributed by atoms with van der Waals surface area (Å²) in [6.45, 7) is -0.402. The zero-order valence-corrected chi connectivity index (χ0v) is 7.52. The van der Waals surface area contributed by atoms with Crippen LogP contribution in [0.5, 0.6) is 0 Å². The van der Waals surface area contributed by atoms with Crippen molar-refractivity contribution in [1.29, 1.82) is 0 Å². The molecule has 0 bridgehead atoms. The Labute approximate surface area is 80.8 Å². The lowest BCUT2D eigenvalue weighted by Crippen LogP contribution is -2.16. The van der Waals surface area contributed by atoms with Crippen molar-refractivity contribution in [2.45, 2.75) is 6.04 Å². The third-order valence-electron chi connectivity index (χ3n) is 1.58. The van der Waals surface area contributed by atoms with Gasteiger partial charge in [0.2, 0.25) is 0 Å². The van der Waals surface area contributed by atoms with Crippen molar-refractivity contribution in [3.63, 3.8) is 0 Å². The Kier molecular flexibility index (Phi) is 4.83. The second-order valence-corrected chi connectivity index (χ2v) is 2.43. The molecule has 0 spiro atoms. The molecule has 5 heteroatoms. The molecular formula is C8H10ClF2NO. The summed E-state index contributed by atoms with van der Waals surface area (Å²) in [7, 11) is 0. The van der Waals surface area contributed by atoms with Crippen molar-refractivity contribution in [3.8, 4) is 0 Å². The molecule has 1 rings (SSSR count). The van der Waals surface area contributed by atoms with Crippen LogP contribution in [0.3, 0.4) is 0 Å². The maximum atomic E-state index is 12.9. The van der Waals surface area contributed by atoms with Crippen LogP contribution >= 0.6 is 12.4 Å². The van der Waals surface area contributed by atoms with Crippen molar-refractivity contribution in [1.82, 2.24) is 0 Å². The SMILES string of the molecule is Cl.N[C@@H](CO)c1cccc(F)c1F. The molecule has 74 valence electrons. The summed E-state index contributed by atoms with van der Waals surface area (Å²) in [5, 5.41) is 8.59. The molecule has 0 aliphatic rings. The molecule has 1 aromatic rings. The Bertz CT molecular complexity index is 283. The number of hydrogen-bond donors (Lipinski definition) is 2. The first-order valence-corrected chi connectivity index (χ1v) is 3.47. The smallest absolute Gasteiger partial charge is 0.163 e. The standard InChI is InChI=1S/C8H9F2NO.ClH/c9-6-3-1-2-5(8(6)10)7(11)4-12;/h1-3,7,12H,4,11H2;1H/t7-;/m0./s1. The summed E-state index contributed by atoms with van der Waals surface area (Å²) in [5.74, 6) is -1.93. The van der Waals surface area contributed by atoms with Crippen molar-refractivity contribution in [2.24, 2.45) is 5.73 Å². The molecule has 0 aromatic heterocycles. The lowest BCUT2D eigenvalue weighted by molar-refractivity contribution is 0.264. The lowest BCUT2D eigenvalue weighted by Gasteiger charge is -2.09. The number of halogens is 3. The molecule has 0 fully saturated rings. The van der Waals surface area contributed by atoms with Crippen LogP contribution in [-0.4, -0.2) is 11.7 Å². The summed E-state index contributed by atoms with van der Waals surface area (Å²) >= 11 is 0. The highest BCUT2D eigenvalue weighted by molar-refractivity contribution is 5.85. The fourth-order valence-corrected chi connectivity index (χ4v) is 0.905. The van der Waals surface area contributed by atoms with E-state index in [1.165, 1.54) is 12.1 Å². The van der Waals surface area contributed by atoms with Gasteiger partial charge < -0.3 is 10.8 Å². The number of aliphatic hydroxyl groups excluding tert-OH is 1. The Morgan fingerprint density at radius 2 is 2.00 bits per heavy atom. The van der Waals surface area contributed by atoms with Crippen LogP contribution < -0.4 is 5.73 Å². The second kappa shape index (κ2) is 5.11. The molecule has 0 saturated carbocycles. The van der Waals surface area contributed by atoms with Gasteiger partial charge in [-0.25, -0.2) is 8.78 Å². The third kappa shape index (κ3) is 2.62. The van der Waals surface area contributed by atoms with Crippen LogP contribution in [-0.2, 0) is 0 Å². The molecule has 1 aromatic carbocycles. The van der Waals surface area contributed by atoms with E-state index in [1.807, 2.05) is 0 Å². The topological polar surface area (TPSA) is 46.2 Å². The van der Waals surface area contributed by atoms with Gasteiger partial charge in [0.15, 0.2) is 11.6 Å². The minimum Gasteiger partial charge on any atom is -0.394 e. The summed E-state index contributed by atoms with van der Waals surface area (Å²) in [5.41, 5.74) is 5.30. The number of hydrogen-bond acceptors (Lipinski definition) is 2. The maximum absolute atomic E-state index is 12.9. The van der Waals surface area contributed by atoms with Gasteiger partial charge in [0.05, 0.1) is 12.6 Å². The summed E-state index contributed by atoms with van der Waals surface area (Å²) < 4.78 is 25.4. The average molecular weight is 210 g/mol. The highest BCUT2D eigenvalue weighted by atomic mass is 35.5. The van der Waals surface area contributed by atoms with Gasteiger partial charge in [-0.2, -0.15) is 0 Å². The molecule has 2 nitrogen and oxygen atoms in total. The van der Waals surface area contributed by atoms with Crippen molar-refractivity contribution in [3.05, 3.63) is 35.4 Å². The van der Waals surface area contributed by atoms with Gasteiger partial charge in [0.25, 0.3) is 0 Å². The van der Waals surface area contributed by atoms with Crippen LogP contribution in [0, 0.1) is 11.6 Å². The van der Waals surface area contributed by atoms with E-state index in [-0.39, 0.29) is 18.0 Å². The lowest BCUT2D eigenvalue weighted by atomic mass is 10.1. The normalized spacial score (nSPS) is 12.0. The van der Waals surface area contributed by atoms with Crippen LogP contribution in [0.1, 0.15) is 11.6 Å². The van der Waals surface area contributed by atoms with Gasteiger partial charge in [-0.05, 0) is 6.07 Å². The number of nitrogens with two attached hydrogens (primary N) is 1. The molecule has 0 radical (unpaired) electrons. The molecular weight excluding hydrogens is 200 g/mol. The molecule has 0 heterocycles. The Hall–Kier alpha value is -0.710. The second-order valence-electron chi connectivity index (χ2n) is 2.43. The third-order valence-corrected chi connectivity index (χ3v) is 1.58. The summed E-state index contributed by atoms with van der Waals surface area (Å²) in [6, 6.07) is 2.84. The number of aliphatic hydroxyl groups is 1. The Morgan fingerprint density at radius 1 is 1.38 bits per heavy atom. The van der Waals surface area contributed by atoms with Crippen molar-refractivity contribution < 1.29 is 13.9 Å². The molecule has 3 N–H and O–H groups in total. The van der Waals surface area contributed by atoms with Crippen LogP contribution in [0.25, 0.3) is 0 Å². The molecule has 0 aliphatic heterocycles. The fourth-order valence-electron chi connectivity index (χ4n) is 0.905. The molecule has 0 unspecified atom stereocenters. The van der Waals surface area contributed by atoms with Gasteiger partial charge in [-0.1, -0.05) is 12.1 Å². The predicted octanol–water partition coefficient (Wildman–Crippen LogP) is 1.38. The van der Waals surface area contributed by atoms with Crippen LogP contribution in [0.2, 0.25) is 0 Å². The van der Waals surface area contributed by atoms with E-state index < -0.39 is 24.3 Å². The minimum atomic E-state index is -0.987. The summed E-state index contributed by atoms with van der Waals surface area (Å²) in [4.78, 5) is 0. The molecule has 0 aliphatic carbocycles. The van der Waals surface area contributed by atoms with E-state index in [9.17, 15) is 8.78 Å². The Morgan fingerprint density at radius 3 is 2.54 bits per heavy atom. The molecule has 0 saturated heterocycles. The molecule has 13 heavy (non-hydrogen) atoms. The first kappa shape index (κ1) is 12.3. The first-order chi connectivity index (χ1) is 5.66. The van der Waals surface area contributed by atoms with E-state index in [4.69, 9.17) is 10.8 Å². The summed E-state index contributed by atoms with van der Waals surface area (Å²) in [6.07, 6.45) is 0. The van der Waals surface area contributed by atoms with E-state index in [0.29, 0.717) is 0 Å². The highest BCUT2D eigenvalue weighted by Gasteiger charge is 2.12. The quantitative estimate of drug-likeness (QED) is 0.773. The van der Waals surface area contributed by atoms with Crippen molar-refractivity contribution in [2.75, 3.05) is 6.61 Å². The van der Waals surface area contributed by atoms with Gasteiger partial charge in [-0.3, -0.25) is 0 Å². The number of rotatable bonds is 2. The average Bonchev–Trinajstić information content (AvgIpc) is 2.08.